The highest BCUT2D eigenvalue weighted by Gasteiger charge is 2.26. The maximum atomic E-state index is 12.3. The summed E-state index contributed by atoms with van der Waals surface area (Å²) >= 11 is 0. The number of carboxylic acids is 1. The first kappa shape index (κ1) is 22.9. The zero-order valence-corrected chi connectivity index (χ0v) is 18.2. The van der Waals surface area contributed by atoms with Crippen LogP contribution in [0, 0.1) is 5.92 Å². The van der Waals surface area contributed by atoms with E-state index >= 15 is 0 Å². The van der Waals surface area contributed by atoms with E-state index in [-0.39, 0.29) is 19.0 Å². The normalized spacial score (nSPS) is 14.4. The lowest BCUT2D eigenvalue weighted by Gasteiger charge is -2.38. The highest BCUT2D eigenvalue weighted by atomic mass is 35.5. The summed E-state index contributed by atoms with van der Waals surface area (Å²) in [6.45, 7) is 4.59. The molecule has 1 aromatic carbocycles. The summed E-state index contributed by atoms with van der Waals surface area (Å²) in [6.07, 6.45) is 0.372. The molecule has 0 saturated carbocycles. The summed E-state index contributed by atoms with van der Waals surface area (Å²) in [7, 11) is 2.01. The minimum atomic E-state index is -1.45. The van der Waals surface area contributed by atoms with Crippen molar-refractivity contribution in [1.29, 1.82) is 0 Å². The van der Waals surface area contributed by atoms with Gasteiger partial charge in [-0.15, -0.1) is 12.4 Å². The molecule has 0 amide bonds. The number of hydrogen-bond donors (Lipinski definition) is 4. The number of aryl methyl sites for hydroxylation is 1. The van der Waals surface area contributed by atoms with Gasteiger partial charge in [-0.1, -0.05) is 13.0 Å². The van der Waals surface area contributed by atoms with E-state index in [1.807, 2.05) is 25.2 Å². The Kier molecular flexibility index (Phi) is 6.45. The predicted molar refractivity (Wildman–Crippen MR) is 120 cm³/mol. The van der Waals surface area contributed by atoms with Crippen LogP contribution < -0.4 is 5.56 Å². The number of H-pyrrole nitrogens is 1. The fraction of sp³-hybridized carbons (Fsp3) is 0.364. The first-order valence-corrected chi connectivity index (χ1v) is 9.97. The van der Waals surface area contributed by atoms with E-state index in [4.69, 9.17) is 0 Å². The van der Waals surface area contributed by atoms with Crippen molar-refractivity contribution in [2.75, 3.05) is 19.7 Å². The molecule has 2 aromatic heterocycles. The number of aromatic carboxylic acids is 1. The van der Waals surface area contributed by atoms with Crippen LogP contribution in [0.25, 0.3) is 22.2 Å². The molecule has 1 saturated heterocycles. The molecular weight excluding hydrogens is 422 g/mol. The second-order valence-corrected chi connectivity index (χ2v) is 7.90. The van der Waals surface area contributed by atoms with Crippen molar-refractivity contribution in [3.05, 3.63) is 51.4 Å². The van der Waals surface area contributed by atoms with Gasteiger partial charge in [-0.3, -0.25) is 9.69 Å². The molecular formula is C22H26ClN3O5. The van der Waals surface area contributed by atoms with Gasteiger partial charge in [-0.05, 0) is 30.2 Å². The second-order valence-electron chi connectivity index (χ2n) is 7.90. The van der Waals surface area contributed by atoms with E-state index in [0.717, 1.165) is 36.2 Å². The van der Waals surface area contributed by atoms with E-state index in [0.29, 0.717) is 29.2 Å². The van der Waals surface area contributed by atoms with E-state index in [2.05, 4.69) is 20.5 Å². The molecule has 0 aliphatic carbocycles. The van der Waals surface area contributed by atoms with E-state index in [9.17, 15) is 24.9 Å². The number of hydrogen-bond acceptors (Lipinski definition) is 5. The van der Waals surface area contributed by atoms with Gasteiger partial charge in [0.2, 0.25) is 0 Å². The van der Waals surface area contributed by atoms with Gasteiger partial charge in [-0.2, -0.15) is 0 Å². The van der Waals surface area contributed by atoms with Crippen molar-refractivity contribution in [3.63, 3.8) is 0 Å². The number of nitrogens with zero attached hydrogens (tertiary/aromatic N) is 2. The molecule has 0 atom stereocenters. The predicted octanol–water partition coefficient (Wildman–Crippen LogP) is 2.35. The molecule has 166 valence electrons. The summed E-state index contributed by atoms with van der Waals surface area (Å²) in [5.41, 5.74) is 2.28. The molecule has 3 heterocycles. The molecule has 4 N–H and O–H groups in total. The van der Waals surface area contributed by atoms with Gasteiger partial charge in [0.25, 0.3) is 5.56 Å². The van der Waals surface area contributed by atoms with Crippen LogP contribution in [0.5, 0.6) is 5.75 Å². The SMILES string of the molecule is CCc1c(-c2ccc3c(c2)cc(CN2CC(CO)C2)n3C)[nH]c(=O)c(C(=O)O)c1O.Cl. The fourth-order valence-corrected chi connectivity index (χ4v) is 4.28. The number of likely N-dealkylation sites (tertiary alicyclic amines) is 1. The van der Waals surface area contributed by atoms with Crippen molar-refractivity contribution in [3.8, 4) is 17.0 Å². The van der Waals surface area contributed by atoms with Crippen molar-refractivity contribution < 1.29 is 20.1 Å². The Hall–Kier alpha value is -2.81. The van der Waals surface area contributed by atoms with Gasteiger partial charge >= 0.3 is 5.97 Å². The smallest absolute Gasteiger partial charge is 0.345 e. The first-order chi connectivity index (χ1) is 14.3. The Morgan fingerprint density at radius 2 is 1.97 bits per heavy atom. The Bertz CT molecular complexity index is 1190. The van der Waals surface area contributed by atoms with Crippen molar-refractivity contribution in [2.45, 2.75) is 19.9 Å². The molecule has 8 nitrogen and oxygen atoms in total. The third kappa shape index (κ3) is 3.94. The van der Waals surface area contributed by atoms with Gasteiger partial charge in [0, 0.05) is 61.4 Å². The van der Waals surface area contributed by atoms with E-state index in [1.54, 1.807) is 6.92 Å². The van der Waals surface area contributed by atoms with Crippen molar-refractivity contribution >= 4 is 29.3 Å². The van der Waals surface area contributed by atoms with Crippen LogP contribution in [0.1, 0.15) is 28.5 Å². The number of carboxylic acid groups (broad SMARTS) is 1. The van der Waals surface area contributed by atoms with Gasteiger partial charge in [0.1, 0.15) is 5.75 Å². The van der Waals surface area contributed by atoms with Gasteiger partial charge in [-0.25, -0.2) is 4.79 Å². The number of aromatic hydroxyl groups is 1. The lowest BCUT2D eigenvalue weighted by atomic mass is 9.99. The number of halogens is 1. The Morgan fingerprint density at radius 1 is 1.26 bits per heavy atom. The minimum absolute atomic E-state index is 0. The summed E-state index contributed by atoms with van der Waals surface area (Å²) in [5, 5.41) is 29.8. The van der Waals surface area contributed by atoms with Gasteiger partial charge in [0.05, 0.1) is 5.69 Å². The lowest BCUT2D eigenvalue weighted by molar-refractivity contribution is 0.0465. The number of fused-ring (bicyclic) bond motifs is 1. The summed E-state index contributed by atoms with van der Waals surface area (Å²) in [5.74, 6) is -1.57. The monoisotopic (exact) mass is 447 g/mol. The van der Waals surface area contributed by atoms with Crippen LogP contribution in [0.4, 0.5) is 0 Å². The Balaban J connectivity index is 0.00000272. The molecule has 31 heavy (non-hydrogen) atoms. The highest BCUT2D eigenvalue weighted by molar-refractivity contribution is 5.92. The Labute approximate surface area is 185 Å². The van der Waals surface area contributed by atoms with E-state index < -0.39 is 22.8 Å². The molecule has 1 aliphatic rings. The number of nitrogens with one attached hydrogen (secondary N) is 1. The molecule has 9 heteroatoms. The number of aliphatic hydroxyl groups is 1. The molecule has 3 aromatic rings. The molecule has 0 radical (unpaired) electrons. The highest BCUT2D eigenvalue weighted by Crippen LogP contribution is 2.32. The average molecular weight is 448 g/mol. The van der Waals surface area contributed by atoms with Gasteiger partial charge in [0.15, 0.2) is 5.56 Å². The maximum absolute atomic E-state index is 12.3. The van der Waals surface area contributed by atoms with Crippen molar-refractivity contribution in [1.82, 2.24) is 14.5 Å². The third-order valence-corrected chi connectivity index (χ3v) is 5.96. The largest absolute Gasteiger partial charge is 0.506 e. The quantitative estimate of drug-likeness (QED) is 0.460. The molecule has 4 rings (SSSR count). The van der Waals surface area contributed by atoms with Crippen LogP contribution in [0.2, 0.25) is 0 Å². The first-order valence-electron chi connectivity index (χ1n) is 9.97. The Morgan fingerprint density at radius 3 is 2.58 bits per heavy atom. The molecule has 1 fully saturated rings. The number of benzene rings is 1. The number of rotatable bonds is 6. The third-order valence-electron chi connectivity index (χ3n) is 5.96. The van der Waals surface area contributed by atoms with Crippen LogP contribution in [-0.4, -0.2) is 55.4 Å². The van der Waals surface area contributed by atoms with Crippen molar-refractivity contribution in [2.24, 2.45) is 13.0 Å². The standard InChI is InChI=1S/C22H25N3O5.ClH/c1-3-16-19(23-21(28)18(20(16)27)22(29)30)13-4-5-17-14(6-13)7-15(24(17)2)10-25-8-12(9-25)11-26;/h4-7,12,26H,3,8-11H2,1-2H3,(H,29,30)(H2,23,27,28);1H. The summed E-state index contributed by atoms with van der Waals surface area (Å²) in [6, 6.07) is 7.86. The van der Waals surface area contributed by atoms with Crippen LogP contribution >= 0.6 is 12.4 Å². The number of aromatic nitrogens is 2. The zero-order chi connectivity index (χ0) is 21.6. The number of aliphatic hydroxyl groups excluding tert-OH is 1. The number of pyridine rings is 1. The topological polar surface area (TPSA) is 119 Å². The van der Waals surface area contributed by atoms with Crippen LogP contribution in [0.3, 0.4) is 0 Å². The van der Waals surface area contributed by atoms with Crippen LogP contribution in [-0.2, 0) is 20.0 Å². The zero-order valence-electron chi connectivity index (χ0n) is 17.4. The molecule has 0 bridgehead atoms. The lowest BCUT2D eigenvalue weighted by Crippen LogP contribution is -2.47. The number of carbonyl (C=O) groups is 1. The summed E-state index contributed by atoms with van der Waals surface area (Å²) < 4.78 is 2.12. The van der Waals surface area contributed by atoms with E-state index in [1.165, 1.54) is 0 Å². The second kappa shape index (κ2) is 8.74. The van der Waals surface area contributed by atoms with Crippen LogP contribution in [0.15, 0.2) is 29.1 Å². The molecule has 1 aliphatic heterocycles. The molecule has 0 spiro atoms. The fourth-order valence-electron chi connectivity index (χ4n) is 4.28. The average Bonchev–Trinajstić information content (AvgIpc) is 2.98. The minimum Gasteiger partial charge on any atom is -0.506 e. The van der Waals surface area contributed by atoms with Gasteiger partial charge < -0.3 is 24.9 Å². The maximum Gasteiger partial charge on any atom is 0.345 e. The summed E-state index contributed by atoms with van der Waals surface area (Å²) in [4.78, 5) is 28.5. The number of aromatic amines is 1. The molecule has 0 unspecified atom stereocenters.